The predicted molar refractivity (Wildman–Crippen MR) is 142 cm³/mol. The molecule has 9 nitrogen and oxygen atoms in total. The molecule has 3 aromatic rings. The minimum atomic E-state index is -2.53. The van der Waals surface area contributed by atoms with Crippen LogP contribution < -0.4 is 0 Å². The molecule has 9 heteroatoms. The first-order valence-electron chi connectivity index (χ1n) is 12.7. The molecule has 0 radical (unpaired) electrons. The van der Waals surface area contributed by atoms with Gasteiger partial charge in [0.2, 0.25) is 5.91 Å². The molecule has 3 aromatic carbocycles. The van der Waals surface area contributed by atoms with E-state index in [1.807, 2.05) is 0 Å². The Bertz CT molecular complexity index is 1320. The molecule has 1 aliphatic heterocycles. The zero-order valence-corrected chi connectivity index (χ0v) is 22.1. The van der Waals surface area contributed by atoms with Gasteiger partial charge >= 0.3 is 17.9 Å². The van der Waals surface area contributed by atoms with Crippen LogP contribution in [0.4, 0.5) is 0 Å². The van der Waals surface area contributed by atoms with E-state index in [0.717, 1.165) is 18.9 Å². The lowest BCUT2D eigenvalue weighted by Crippen LogP contribution is -2.83. The first kappa shape index (κ1) is 28.2. The van der Waals surface area contributed by atoms with Gasteiger partial charge in [0, 0.05) is 6.42 Å². The van der Waals surface area contributed by atoms with Crippen molar-refractivity contribution in [2.45, 2.75) is 38.1 Å². The Morgan fingerprint density at radius 2 is 1.18 bits per heavy atom. The van der Waals surface area contributed by atoms with E-state index >= 15 is 0 Å². The van der Waals surface area contributed by atoms with Crippen LogP contribution in [0.5, 0.6) is 0 Å². The van der Waals surface area contributed by atoms with E-state index in [2.05, 4.69) is 0 Å². The third-order valence-electron chi connectivity index (χ3n) is 6.79. The fraction of sp³-hybridized carbons (Fsp3) is 0.258. The summed E-state index contributed by atoms with van der Waals surface area (Å²) in [5.41, 5.74) is -0.649. The average molecular weight is 544 g/mol. The highest BCUT2D eigenvalue weighted by atomic mass is 16.6. The van der Waals surface area contributed by atoms with Crippen LogP contribution in [0.25, 0.3) is 0 Å². The number of ether oxygens (including phenoxy) is 3. The lowest BCUT2D eigenvalue weighted by atomic mass is 9.69. The van der Waals surface area contributed by atoms with E-state index in [1.54, 1.807) is 91.0 Å². The maximum atomic E-state index is 13.9. The minimum Gasteiger partial charge on any atom is -0.467 e. The van der Waals surface area contributed by atoms with E-state index in [0.29, 0.717) is 16.7 Å². The predicted octanol–water partition coefficient (Wildman–Crippen LogP) is 3.04. The third-order valence-corrected chi connectivity index (χ3v) is 6.79. The SMILES string of the molecule is COC(=O)[C@@H](Cc1ccccc1)N1C(=O)[C@@H](C(C)=O)C1(C(=O)OCc1ccccc1)C(=O)OCc1ccccc1. The molecule has 1 amide bonds. The van der Waals surface area contributed by atoms with Gasteiger partial charge in [0.25, 0.3) is 5.54 Å². The number of hydrogen-bond donors (Lipinski definition) is 0. The highest BCUT2D eigenvalue weighted by Crippen LogP contribution is 2.44. The summed E-state index contributed by atoms with van der Waals surface area (Å²) in [5.74, 6) is -6.55. The van der Waals surface area contributed by atoms with Gasteiger partial charge in [-0.15, -0.1) is 0 Å². The summed E-state index contributed by atoms with van der Waals surface area (Å²) in [4.78, 5) is 68.0. The van der Waals surface area contributed by atoms with Crippen LogP contribution in [0, 0.1) is 5.92 Å². The second-order valence-corrected chi connectivity index (χ2v) is 9.37. The van der Waals surface area contributed by atoms with E-state index in [4.69, 9.17) is 14.2 Å². The van der Waals surface area contributed by atoms with Gasteiger partial charge in [-0.05, 0) is 23.6 Å². The standard InChI is InChI=1S/C31H29NO8/c1-21(33)26-27(34)32(25(28(35)38-2)18-22-12-6-3-7-13-22)31(26,29(36)39-19-23-14-8-4-9-15-23)30(37)40-20-24-16-10-5-11-17-24/h3-17,25-26H,18-20H2,1-2H3/t25-,26-/m1/s1. The second-order valence-electron chi connectivity index (χ2n) is 9.37. The van der Waals surface area contributed by atoms with Gasteiger partial charge in [-0.25, -0.2) is 14.4 Å². The third kappa shape index (κ3) is 5.49. The smallest absolute Gasteiger partial charge is 0.345 e. The molecule has 0 bridgehead atoms. The minimum absolute atomic E-state index is 0.0798. The molecule has 2 atom stereocenters. The van der Waals surface area contributed by atoms with Crippen LogP contribution in [0.15, 0.2) is 91.0 Å². The first-order valence-corrected chi connectivity index (χ1v) is 12.7. The van der Waals surface area contributed by atoms with Crippen molar-refractivity contribution < 1.29 is 38.2 Å². The number of rotatable bonds is 11. The highest BCUT2D eigenvalue weighted by Gasteiger charge is 2.75. The molecule has 0 saturated carbocycles. The number of methoxy groups -OCH3 is 1. The van der Waals surface area contributed by atoms with E-state index in [1.165, 1.54) is 0 Å². The maximum Gasteiger partial charge on any atom is 0.345 e. The van der Waals surface area contributed by atoms with Crippen LogP contribution in [0.1, 0.15) is 23.6 Å². The van der Waals surface area contributed by atoms with Crippen molar-refractivity contribution >= 4 is 29.6 Å². The van der Waals surface area contributed by atoms with Crippen LogP contribution in [0.2, 0.25) is 0 Å². The number of carbonyl (C=O) groups is 5. The van der Waals surface area contributed by atoms with Gasteiger partial charge in [-0.2, -0.15) is 0 Å². The Balaban J connectivity index is 1.77. The molecule has 0 N–H and O–H groups in total. The first-order chi connectivity index (χ1) is 19.3. The molecule has 40 heavy (non-hydrogen) atoms. The topological polar surface area (TPSA) is 116 Å². The van der Waals surface area contributed by atoms with Crippen molar-refractivity contribution in [3.63, 3.8) is 0 Å². The number of hydrogen-bond acceptors (Lipinski definition) is 8. The van der Waals surface area contributed by atoms with Crippen molar-refractivity contribution in [1.82, 2.24) is 4.90 Å². The Morgan fingerprint density at radius 1 is 0.750 bits per heavy atom. The highest BCUT2D eigenvalue weighted by molar-refractivity contribution is 6.25. The molecule has 206 valence electrons. The van der Waals surface area contributed by atoms with E-state index in [9.17, 15) is 24.0 Å². The number of benzene rings is 3. The average Bonchev–Trinajstić information content (AvgIpc) is 2.97. The van der Waals surface area contributed by atoms with Crippen LogP contribution in [0.3, 0.4) is 0 Å². The summed E-state index contributed by atoms with van der Waals surface area (Å²) in [7, 11) is 1.14. The molecule has 1 saturated heterocycles. The summed E-state index contributed by atoms with van der Waals surface area (Å²) >= 11 is 0. The summed E-state index contributed by atoms with van der Waals surface area (Å²) in [5, 5.41) is 0. The molecule has 1 aliphatic rings. The quantitative estimate of drug-likeness (QED) is 0.157. The summed E-state index contributed by atoms with van der Waals surface area (Å²) in [6.45, 7) is 0.636. The maximum absolute atomic E-state index is 13.9. The normalized spacial score (nSPS) is 16.3. The van der Waals surface area contributed by atoms with E-state index in [-0.39, 0.29) is 19.6 Å². The molecule has 0 aliphatic carbocycles. The Kier molecular flexibility index (Phi) is 8.73. The number of likely N-dealkylation sites (tertiary alicyclic amines) is 1. The van der Waals surface area contributed by atoms with Gasteiger partial charge in [0.15, 0.2) is 0 Å². The summed E-state index contributed by atoms with van der Waals surface area (Å²) in [6.07, 6.45) is -0.0798. The molecule has 1 fully saturated rings. The Morgan fingerprint density at radius 3 is 1.57 bits per heavy atom. The fourth-order valence-electron chi connectivity index (χ4n) is 4.87. The molecule has 1 heterocycles. The number of β-lactam (4-membered cyclic amide) rings is 1. The van der Waals surface area contributed by atoms with Crippen molar-refractivity contribution in [3.8, 4) is 0 Å². The fourth-order valence-corrected chi connectivity index (χ4v) is 4.87. The molecule has 0 aromatic heterocycles. The van der Waals surface area contributed by atoms with Gasteiger partial charge in [0.05, 0.1) is 7.11 Å². The van der Waals surface area contributed by atoms with Crippen LogP contribution in [-0.4, -0.2) is 53.2 Å². The largest absolute Gasteiger partial charge is 0.467 e. The van der Waals surface area contributed by atoms with Crippen molar-refractivity contribution in [1.29, 1.82) is 0 Å². The Labute approximate surface area is 231 Å². The zero-order chi connectivity index (χ0) is 28.7. The summed E-state index contributed by atoms with van der Waals surface area (Å²) < 4.78 is 16.1. The summed E-state index contributed by atoms with van der Waals surface area (Å²) in [6, 6.07) is 24.7. The van der Waals surface area contributed by atoms with Gasteiger partial charge in [-0.1, -0.05) is 91.0 Å². The van der Waals surface area contributed by atoms with E-state index < -0.39 is 47.1 Å². The number of amides is 1. The zero-order valence-electron chi connectivity index (χ0n) is 22.1. The number of carbonyl (C=O) groups excluding carboxylic acids is 5. The van der Waals surface area contributed by atoms with Crippen molar-refractivity contribution in [2.24, 2.45) is 5.92 Å². The molecular formula is C31H29NO8. The van der Waals surface area contributed by atoms with Crippen molar-refractivity contribution in [2.75, 3.05) is 7.11 Å². The molecule has 0 spiro atoms. The number of nitrogens with zero attached hydrogens (tertiary/aromatic N) is 1. The lowest BCUT2D eigenvalue weighted by molar-refractivity contribution is -0.211. The molecule has 4 rings (SSSR count). The molecule has 0 unspecified atom stereocenters. The Hall–Kier alpha value is -4.79. The number of ketones is 1. The van der Waals surface area contributed by atoms with Gasteiger partial charge in [0.1, 0.15) is 31.0 Å². The second kappa shape index (κ2) is 12.4. The molecular weight excluding hydrogens is 514 g/mol. The lowest BCUT2D eigenvalue weighted by Gasteiger charge is -2.54. The number of esters is 3. The monoisotopic (exact) mass is 543 g/mol. The van der Waals surface area contributed by atoms with Gasteiger partial charge in [-0.3, -0.25) is 9.59 Å². The van der Waals surface area contributed by atoms with Crippen LogP contribution in [-0.2, 0) is 57.8 Å². The van der Waals surface area contributed by atoms with Crippen LogP contribution >= 0.6 is 0 Å². The van der Waals surface area contributed by atoms with Crippen molar-refractivity contribution in [3.05, 3.63) is 108 Å². The number of Topliss-reactive ketones (excluding diaryl/α,β-unsaturated/α-hetero) is 1. The van der Waals surface area contributed by atoms with Gasteiger partial charge < -0.3 is 19.1 Å².